The van der Waals surface area contributed by atoms with Crippen LogP contribution in [0.25, 0.3) is 0 Å². The third-order valence-corrected chi connectivity index (χ3v) is 4.37. The number of thioether (sulfide) groups is 1. The van der Waals surface area contributed by atoms with Gasteiger partial charge in [-0.2, -0.15) is 0 Å². The number of carbonyl (C=O) groups is 2. The average molecular weight is 293 g/mol. The Kier molecular flexibility index (Phi) is 4.35. The van der Waals surface area contributed by atoms with E-state index in [4.69, 9.17) is 5.73 Å². The summed E-state index contributed by atoms with van der Waals surface area (Å²) >= 11 is 1.75. The average Bonchev–Trinajstić information content (AvgIpc) is 2.44. The van der Waals surface area contributed by atoms with Gasteiger partial charge in [-0.05, 0) is 26.0 Å². The van der Waals surface area contributed by atoms with Crippen molar-refractivity contribution in [3.63, 3.8) is 0 Å². The minimum atomic E-state index is -0.889. The Balaban J connectivity index is 2.06. The molecule has 0 saturated carbocycles. The number of amides is 2. The monoisotopic (exact) mass is 293 g/mol. The third-order valence-electron chi connectivity index (χ3n) is 3.33. The number of benzene rings is 1. The lowest BCUT2D eigenvalue weighted by atomic mass is 10.1. The summed E-state index contributed by atoms with van der Waals surface area (Å²) in [7, 11) is 0. The van der Waals surface area contributed by atoms with Crippen LogP contribution in [0.15, 0.2) is 29.2 Å². The van der Waals surface area contributed by atoms with Gasteiger partial charge in [-0.15, -0.1) is 11.8 Å². The number of primary amides is 1. The maximum Gasteiger partial charge on any atom is 0.241 e. The number of hydrogen-bond acceptors (Lipinski definition) is 4. The van der Waals surface area contributed by atoms with Crippen molar-refractivity contribution in [1.82, 2.24) is 5.32 Å². The molecule has 2 amide bonds. The standard InChI is InChI=1S/C14H19N3O2S/c1-14(2,13(15)19)16-9-12(18)17-7-8-20-11-6-4-3-5-10(11)17/h3-6,16H,7-9H2,1-2H3,(H2,15,19). The third kappa shape index (κ3) is 3.13. The first-order valence-electron chi connectivity index (χ1n) is 6.49. The predicted octanol–water partition coefficient (Wildman–Crippen LogP) is 0.979. The zero-order chi connectivity index (χ0) is 14.8. The fourth-order valence-corrected chi connectivity index (χ4v) is 2.90. The lowest BCUT2D eigenvalue weighted by molar-refractivity contribution is -0.123. The molecule has 20 heavy (non-hydrogen) atoms. The van der Waals surface area contributed by atoms with Gasteiger partial charge in [0.15, 0.2) is 0 Å². The Hall–Kier alpha value is -1.53. The quantitative estimate of drug-likeness (QED) is 0.867. The molecule has 0 atom stereocenters. The van der Waals surface area contributed by atoms with E-state index in [1.165, 1.54) is 0 Å². The number of nitrogens with two attached hydrogens (primary N) is 1. The van der Waals surface area contributed by atoms with Gasteiger partial charge in [-0.3, -0.25) is 14.9 Å². The first kappa shape index (κ1) is 14.9. The molecular formula is C14H19N3O2S. The maximum absolute atomic E-state index is 12.3. The van der Waals surface area contributed by atoms with Crippen LogP contribution in [0.2, 0.25) is 0 Å². The van der Waals surface area contributed by atoms with Crippen LogP contribution < -0.4 is 16.0 Å². The van der Waals surface area contributed by atoms with Crippen molar-refractivity contribution < 1.29 is 9.59 Å². The van der Waals surface area contributed by atoms with Crippen molar-refractivity contribution in [1.29, 1.82) is 0 Å². The van der Waals surface area contributed by atoms with Crippen LogP contribution in [0.1, 0.15) is 13.8 Å². The Morgan fingerprint density at radius 3 is 2.80 bits per heavy atom. The topological polar surface area (TPSA) is 75.4 Å². The summed E-state index contributed by atoms with van der Waals surface area (Å²) < 4.78 is 0. The van der Waals surface area contributed by atoms with E-state index in [2.05, 4.69) is 5.32 Å². The van der Waals surface area contributed by atoms with E-state index in [0.717, 1.165) is 16.3 Å². The summed E-state index contributed by atoms with van der Waals surface area (Å²) in [5.41, 5.74) is 5.33. The summed E-state index contributed by atoms with van der Waals surface area (Å²) in [5, 5.41) is 2.91. The number of hydrogen-bond donors (Lipinski definition) is 2. The molecule has 0 radical (unpaired) electrons. The summed E-state index contributed by atoms with van der Waals surface area (Å²) in [4.78, 5) is 26.4. The molecule has 1 aliphatic heterocycles. The number of anilines is 1. The fourth-order valence-electron chi connectivity index (χ4n) is 1.91. The molecule has 0 spiro atoms. The fraction of sp³-hybridized carbons (Fsp3) is 0.429. The van der Waals surface area contributed by atoms with E-state index in [0.29, 0.717) is 6.54 Å². The van der Waals surface area contributed by atoms with Gasteiger partial charge in [0, 0.05) is 17.2 Å². The predicted molar refractivity (Wildman–Crippen MR) is 80.8 cm³/mol. The van der Waals surface area contributed by atoms with Crippen molar-refractivity contribution >= 4 is 29.3 Å². The van der Waals surface area contributed by atoms with E-state index in [9.17, 15) is 9.59 Å². The number of nitrogens with one attached hydrogen (secondary N) is 1. The lowest BCUT2D eigenvalue weighted by Crippen LogP contribution is -2.54. The van der Waals surface area contributed by atoms with Crippen molar-refractivity contribution in [2.24, 2.45) is 5.73 Å². The molecule has 1 aromatic rings. The molecule has 3 N–H and O–H groups in total. The maximum atomic E-state index is 12.3. The van der Waals surface area contributed by atoms with Crippen molar-refractivity contribution in [3.8, 4) is 0 Å². The molecule has 1 heterocycles. The molecule has 0 fully saturated rings. The van der Waals surface area contributed by atoms with E-state index in [1.54, 1.807) is 30.5 Å². The summed E-state index contributed by atoms with van der Waals surface area (Å²) in [6.45, 7) is 4.11. The Morgan fingerprint density at radius 2 is 2.10 bits per heavy atom. The summed E-state index contributed by atoms with van der Waals surface area (Å²) in [6.07, 6.45) is 0. The number of rotatable bonds is 4. The molecule has 0 saturated heterocycles. The van der Waals surface area contributed by atoms with Gasteiger partial charge >= 0.3 is 0 Å². The summed E-state index contributed by atoms with van der Waals surface area (Å²) in [6, 6.07) is 7.85. The van der Waals surface area contributed by atoms with Gasteiger partial charge in [-0.1, -0.05) is 12.1 Å². The minimum absolute atomic E-state index is 0.0490. The molecule has 108 valence electrons. The second-order valence-corrected chi connectivity index (χ2v) is 6.34. The molecule has 0 aliphatic carbocycles. The van der Waals surface area contributed by atoms with E-state index in [-0.39, 0.29) is 12.5 Å². The number of carbonyl (C=O) groups excluding carboxylic acids is 2. The van der Waals surface area contributed by atoms with Crippen LogP contribution >= 0.6 is 11.8 Å². The van der Waals surface area contributed by atoms with Gasteiger partial charge in [0.1, 0.15) is 0 Å². The molecule has 2 rings (SSSR count). The second kappa shape index (κ2) is 5.85. The smallest absolute Gasteiger partial charge is 0.241 e. The van der Waals surface area contributed by atoms with Crippen LogP contribution in [0, 0.1) is 0 Å². The summed E-state index contributed by atoms with van der Waals surface area (Å²) in [5.74, 6) is 0.356. The SMILES string of the molecule is CC(C)(NCC(=O)N1CCSc2ccccc21)C(N)=O. The molecule has 1 aromatic carbocycles. The van der Waals surface area contributed by atoms with E-state index in [1.807, 2.05) is 24.3 Å². The highest BCUT2D eigenvalue weighted by molar-refractivity contribution is 7.99. The highest BCUT2D eigenvalue weighted by Gasteiger charge is 2.27. The van der Waals surface area contributed by atoms with E-state index < -0.39 is 11.4 Å². The van der Waals surface area contributed by atoms with Gasteiger partial charge < -0.3 is 10.6 Å². The van der Waals surface area contributed by atoms with Crippen molar-refractivity contribution in [2.45, 2.75) is 24.3 Å². The lowest BCUT2D eigenvalue weighted by Gasteiger charge is -2.30. The van der Waals surface area contributed by atoms with Crippen LogP contribution in [0.3, 0.4) is 0 Å². The van der Waals surface area contributed by atoms with Crippen LogP contribution in [-0.4, -0.2) is 36.2 Å². The van der Waals surface area contributed by atoms with E-state index >= 15 is 0 Å². The molecule has 5 nitrogen and oxygen atoms in total. The number of fused-ring (bicyclic) bond motifs is 1. The van der Waals surface area contributed by atoms with Crippen LogP contribution in [-0.2, 0) is 9.59 Å². The van der Waals surface area contributed by atoms with Gasteiger partial charge in [0.25, 0.3) is 0 Å². The second-order valence-electron chi connectivity index (χ2n) is 5.20. The molecule has 0 unspecified atom stereocenters. The van der Waals surface area contributed by atoms with Crippen LogP contribution in [0.4, 0.5) is 5.69 Å². The highest BCUT2D eigenvalue weighted by atomic mass is 32.2. The minimum Gasteiger partial charge on any atom is -0.368 e. The Bertz CT molecular complexity index is 531. The van der Waals surface area contributed by atoms with Crippen molar-refractivity contribution in [2.75, 3.05) is 23.7 Å². The van der Waals surface area contributed by atoms with Crippen molar-refractivity contribution in [3.05, 3.63) is 24.3 Å². The van der Waals surface area contributed by atoms with Crippen LogP contribution in [0.5, 0.6) is 0 Å². The Morgan fingerprint density at radius 1 is 1.40 bits per heavy atom. The zero-order valence-corrected chi connectivity index (χ0v) is 12.5. The number of para-hydroxylation sites is 1. The molecule has 1 aliphatic rings. The largest absolute Gasteiger partial charge is 0.368 e. The molecule has 6 heteroatoms. The van der Waals surface area contributed by atoms with Gasteiger partial charge in [-0.25, -0.2) is 0 Å². The van der Waals surface area contributed by atoms with Gasteiger partial charge in [0.05, 0.1) is 17.8 Å². The molecular weight excluding hydrogens is 274 g/mol. The highest BCUT2D eigenvalue weighted by Crippen LogP contribution is 2.34. The number of nitrogens with zero attached hydrogens (tertiary/aromatic N) is 1. The molecule has 0 bridgehead atoms. The Labute approximate surface area is 122 Å². The first-order valence-corrected chi connectivity index (χ1v) is 7.47. The zero-order valence-electron chi connectivity index (χ0n) is 11.7. The first-order chi connectivity index (χ1) is 9.42. The molecule has 0 aromatic heterocycles. The van der Waals surface area contributed by atoms with Gasteiger partial charge in [0.2, 0.25) is 11.8 Å². The normalized spacial score (nSPS) is 14.8.